The van der Waals surface area contributed by atoms with Crippen molar-refractivity contribution in [3.8, 4) is 28.6 Å². The second-order valence-corrected chi connectivity index (χ2v) is 6.13. The lowest BCUT2D eigenvalue weighted by Gasteiger charge is -2.12. The van der Waals surface area contributed by atoms with Gasteiger partial charge < -0.3 is 9.47 Å². The molecule has 0 unspecified atom stereocenters. The van der Waals surface area contributed by atoms with Crippen LogP contribution < -0.4 is 9.47 Å². The van der Waals surface area contributed by atoms with E-state index in [1.165, 1.54) is 0 Å². The van der Waals surface area contributed by atoms with Gasteiger partial charge in [0.15, 0.2) is 22.5 Å². The number of thioether (sulfide) groups is 1. The molecule has 0 atom stereocenters. The number of rotatable bonds is 7. The van der Waals surface area contributed by atoms with Crippen LogP contribution in [-0.2, 0) is 0 Å². The second-order valence-electron chi connectivity index (χ2n) is 5.15. The molecule has 0 N–H and O–H groups in total. The van der Waals surface area contributed by atoms with Crippen LogP contribution in [0.25, 0.3) is 17.1 Å². The summed E-state index contributed by atoms with van der Waals surface area (Å²) in [6.45, 7) is 3.78. The summed E-state index contributed by atoms with van der Waals surface area (Å²) in [5.41, 5.74) is 1.91. The summed E-state index contributed by atoms with van der Waals surface area (Å²) in [5.74, 6) is 2.84. The molecule has 25 heavy (non-hydrogen) atoms. The summed E-state index contributed by atoms with van der Waals surface area (Å²) < 4.78 is 12.8. The van der Waals surface area contributed by atoms with Crippen molar-refractivity contribution in [3.05, 3.63) is 61.2 Å². The Balaban J connectivity index is 2.13. The molecule has 0 fully saturated rings. The molecule has 6 heteroatoms. The molecule has 0 radical (unpaired) electrons. The van der Waals surface area contributed by atoms with Crippen LogP contribution in [0.15, 0.2) is 66.3 Å². The quantitative estimate of drug-likeness (QED) is 0.470. The van der Waals surface area contributed by atoms with E-state index in [1.54, 1.807) is 26.0 Å². The first-order chi connectivity index (χ1) is 12.3. The molecular formula is C19H19N3O2S. The highest BCUT2D eigenvalue weighted by Crippen LogP contribution is 2.34. The van der Waals surface area contributed by atoms with Gasteiger partial charge in [0.2, 0.25) is 0 Å². The minimum absolute atomic E-state index is 0.655. The summed E-state index contributed by atoms with van der Waals surface area (Å²) in [4.78, 5) is 0. The Hall–Kier alpha value is -2.73. The molecule has 3 aromatic rings. The first kappa shape index (κ1) is 17.1. The van der Waals surface area contributed by atoms with Crippen LogP contribution >= 0.6 is 11.8 Å². The Morgan fingerprint density at radius 3 is 2.48 bits per heavy atom. The maximum absolute atomic E-state index is 5.41. The fourth-order valence-electron chi connectivity index (χ4n) is 2.47. The van der Waals surface area contributed by atoms with Gasteiger partial charge in [0.1, 0.15) is 0 Å². The van der Waals surface area contributed by atoms with E-state index >= 15 is 0 Å². The van der Waals surface area contributed by atoms with Gasteiger partial charge in [-0.25, -0.2) is 0 Å². The molecule has 0 bridgehead atoms. The molecule has 0 saturated carbocycles. The number of aromatic nitrogens is 3. The summed E-state index contributed by atoms with van der Waals surface area (Å²) in [5, 5.41) is 9.58. The summed E-state index contributed by atoms with van der Waals surface area (Å²) in [6, 6.07) is 15.8. The van der Waals surface area contributed by atoms with Crippen LogP contribution in [-0.4, -0.2) is 34.7 Å². The average Bonchev–Trinajstić information content (AvgIpc) is 3.10. The topological polar surface area (TPSA) is 49.2 Å². The molecule has 2 aromatic carbocycles. The second kappa shape index (κ2) is 7.90. The lowest BCUT2D eigenvalue weighted by Crippen LogP contribution is -2.00. The highest BCUT2D eigenvalue weighted by molar-refractivity contribution is 7.99. The third-order valence-corrected chi connectivity index (χ3v) is 4.54. The lowest BCUT2D eigenvalue weighted by molar-refractivity contribution is 0.355. The lowest BCUT2D eigenvalue weighted by atomic mass is 10.2. The number of methoxy groups -OCH3 is 2. The Morgan fingerprint density at radius 1 is 1.04 bits per heavy atom. The van der Waals surface area contributed by atoms with Crippen LogP contribution in [0.5, 0.6) is 11.5 Å². The molecule has 1 heterocycles. The molecule has 1 aromatic heterocycles. The molecule has 128 valence electrons. The zero-order chi connectivity index (χ0) is 17.6. The van der Waals surface area contributed by atoms with Gasteiger partial charge in [-0.3, -0.25) is 4.57 Å². The molecule has 0 aliphatic carbocycles. The van der Waals surface area contributed by atoms with Gasteiger partial charge in [0, 0.05) is 17.0 Å². The third-order valence-electron chi connectivity index (χ3n) is 3.62. The largest absolute Gasteiger partial charge is 0.493 e. The maximum atomic E-state index is 5.41. The monoisotopic (exact) mass is 353 g/mol. The van der Waals surface area contributed by atoms with Crippen LogP contribution in [0.1, 0.15) is 0 Å². The Morgan fingerprint density at radius 2 is 1.80 bits per heavy atom. The van der Waals surface area contributed by atoms with Crippen LogP contribution in [0, 0.1) is 0 Å². The van der Waals surface area contributed by atoms with E-state index in [1.807, 2.05) is 59.2 Å². The highest BCUT2D eigenvalue weighted by atomic mass is 32.2. The van der Waals surface area contributed by atoms with E-state index < -0.39 is 0 Å². The van der Waals surface area contributed by atoms with Gasteiger partial charge >= 0.3 is 0 Å². The smallest absolute Gasteiger partial charge is 0.196 e. The molecule has 0 spiro atoms. The minimum atomic E-state index is 0.655. The zero-order valence-corrected chi connectivity index (χ0v) is 15.0. The van der Waals surface area contributed by atoms with Crippen molar-refractivity contribution >= 4 is 11.8 Å². The molecule has 5 nitrogen and oxygen atoms in total. The predicted octanol–water partition coefficient (Wildman–Crippen LogP) is 4.23. The number of para-hydroxylation sites is 1. The number of ether oxygens (including phenoxy) is 2. The van der Waals surface area contributed by atoms with Gasteiger partial charge in [-0.15, -0.1) is 16.8 Å². The van der Waals surface area contributed by atoms with Crippen molar-refractivity contribution in [2.75, 3.05) is 20.0 Å². The van der Waals surface area contributed by atoms with Crippen molar-refractivity contribution in [1.82, 2.24) is 14.8 Å². The third kappa shape index (κ3) is 3.53. The average molecular weight is 353 g/mol. The summed E-state index contributed by atoms with van der Waals surface area (Å²) in [7, 11) is 3.24. The maximum Gasteiger partial charge on any atom is 0.196 e. The normalized spacial score (nSPS) is 10.5. The SMILES string of the molecule is C=CCSc1nnc(-c2ccc(OC)c(OC)c2)n1-c1ccccc1. The predicted molar refractivity (Wildman–Crippen MR) is 101 cm³/mol. The van der Waals surface area contributed by atoms with Crippen molar-refractivity contribution in [3.63, 3.8) is 0 Å². The van der Waals surface area contributed by atoms with Crippen LogP contribution in [0.4, 0.5) is 0 Å². The van der Waals surface area contributed by atoms with E-state index in [4.69, 9.17) is 9.47 Å². The van der Waals surface area contributed by atoms with Crippen molar-refractivity contribution in [2.24, 2.45) is 0 Å². The summed E-state index contributed by atoms with van der Waals surface area (Å²) in [6.07, 6.45) is 1.85. The zero-order valence-electron chi connectivity index (χ0n) is 14.2. The Labute approximate surface area is 151 Å². The van der Waals surface area contributed by atoms with E-state index in [-0.39, 0.29) is 0 Å². The molecule has 0 amide bonds. The highest BCUT2D eigenvalue weighted by Gasteiger charge is 2.17. The number of nitrogens with zero attached hydrogens (tertiary/aromatic N) is 3. The summed E-state index contributed by atoms with van der Waals surface area (Å²) >= 11 is 1.59. The first-order valence-corrected chi connectivity index (χ1v) is 8.74. The van der Waals surface area contributed by atoms with Crippen LogP contribution in [0.2, 0.25) is 0 Å². The number of hydrogen-bond donors (Lipinski definition) is 0. The van der Waals surface area contributed by atoms with E-state index in [9.17, 15) is 0 Å². The Kier molecular flexibility index (Phi) is 5.40. The minimum Gasteiger partial charge on any atom is -0.493 e. The van der Waals surface area contributed by atoms with Crippen molar-refractivity contribution in [1.29, 1.82) is 0 Å². The van der Waals surface area contributed by atoms with E-state index in [2.05, 4.69) is 16.8 Å². The van der Waals surface area contributed by atoms with Gasteiger partial charge in [-0.05, 0) is 30.3 Å². The van der Waals surface area contributed by atoms with Gasteiger partial charge in [0.25, 0.3) is 0 Å². The van der Waals surface area contributed by atoms with Gasteiger partial charge in [-0.2, -0.15) is 0 Å². The Bertz CT molecular complexity index is 862. The molecule has 0 aliphatic rings. The number of benzene rings is 2. The first-order valence-electron chi connectivity index (χ1n) is 7.75. The van der Waals surface area contributed by atoms with E-state index in [0.29, 0.717) is 11.5 Å². The van der Waals surface area contributed by atoms with Crippen molar-refractivity contribution in [2.45, 2.75) is 5.16 Å². The van der Waals surface area contributed by atoms with E-state index in [0.717, 1.165) is 28.0 Å². The molecule has 0 saturated heterocycles. The van der Waals surface area contributed by atoms with Gasteiger partial charge in [0.05, 0.1) is 14.2 Å². The molecule has 3 rings (SSSR count). The number of hydrogen-bond acceptors (Lipinski definition) is 5. The molecular weight excluding hydrogens is 334 g/mol. The fraction of sp³-hybridized carbons (Fsp3) is 0.158. The van der Waals surface area contributed by atoms with Crippen LogP contribution in [0.3, 0.4) is 0 Å². The fourth-order valence-corrected chi connectivity index (χ4v) is 3.16. The standard InChI is InChI=1S/C19H19N3O2S/c1-4-12-25-19-21-20-18(22(19)15-8-6-5-7-9-15)14-10-11-16(23-2)17(13-14)24-3/h4-11,13H,1,12H2,2-3H3. The van der Waals surface area contributed by atoms with Crippen molar-refractivity contribution < 1.29 is 9.47 Å². The van der Waals surface area contributed by atoms with Gasteiger partial charge in [-0.1, -0.05) is 36.0 Å². The molecule has 0 aliphatic heterocycles.